The van der Waals surface area contributed by atoms with Crippen LogP contribution in [0.25, 0.3) is 0 Å². The second-order valence-electron chi connectivity index (χ2n) is 6.76. The fourth-order valence-corrected chi connectivity index (χ4v) is 3.81. The molecule has 0 aliphatic carbocycles. The number of hydrogen-bond donors (Lipinski definition) is 3. The summed E-state index contributed by atoms with van der Waals surface area (Å²) in [4.78, 5) is 27.2. The molecule has 3 N–H and O–H groups in total. The van der Waals surface area contributed by atoms with Crippen LogP contribution in [0.1, 0.15) is 37.6 Å². The Labute approximate surface area is 176 Å². The molecule has 0 saturated heterocycles. The van der Waals surface area contributed by atoms with Crippen molar-refractivity contribution in [2.24, 2.45) is 0 Å². The van der Waals surface area contributed by atoms with Gasteiger partial charge in [-0.1, -0.05) is 11.8 Å². The Hall–Kier alpha value is -2.38. The molecule has 0 radical (unpaired) electrons. The van der Waals surface area contributed by atoms with E-state index in [1.54, 1.807) is 30.3 Å². The van der Waals surface area contributed by atoms with Gasteiger partial charge in [-0.3, -0.25) is 9.59 Å². The third-order valence-corrected chi connectivity index (χ3v) is 5.67. The molecule has 2 amide bonds. The maximum Gasteiger partial charge on any atom is 0.251 e. The Morgan fingerprint density at radius 3 is 2.38 bits per heavy atom. The van der Waals surface area contributed by atoms with Crippen LogP contribution in [0.2, 0.25) is 0 Å². The van der Waals surface area contributed by atoms with Crippen molar-refractivity contribution in [3.05, 3.63) is 53.8 Å². The van der Waals surface area contributed by atoms with Gasteiger partial charge in [0.1, 0.15) is 5.82 Å². The molecule has 156 valence electrons. The van der Waals surface area contributed by atoms with E-state index < -0.39 is 0 Å². The van der Waals surface area contributed by atoms with Crippen molar-refractivity contribution in [1.82, 2.24) is 5.32 Å². The zero-order valence-corrected chi connectivity index (χ0v) is 18.0. The van der Waals surface area contributed by atoms with Gasteiger partial charge in [0, 0.05) is 35.2 Å². The number of anilines is 1. The average Bonchev–Trinajstić information content (AvgIpc) is 2.70. The summed E-state index contributed by atoms with van der Waals surface area (Å²) in [7, 11) is 0. The van der Waals surface area contributed by atoms with Gasteiger partial charge in [-0.05, 0) is 56.3 Å². The highest BCUT2D eigenvalue weighted by Gasteiger charge is 2.12. The SMILES string of the molecule is CC[NH+](CC)CCCNC(=O)c1ccc(Sc2ccc(F)cc2)c(NC(C)=O)c1. The van der Waals surface area contributed by atoms with Crippen molar-refractivity contribution in [3.63, 3.8) is 0 Å². The second-order valence-corrected chi connectivity index (χ2v) is 7.88. The van der Waals surface area contributed by atoms with E-state index in [0.29, 0.717) is 17.8 Å². The maximum atomic E-state index is 13.1. The molecule has 5 nitrogen and oxygen atoms in total. The van der Waals surface area contributed by atoms with Crippen molar-refractivity contribution >= 4 is 29.3 Å². The van der Waals surface area contributed by atoms with Crippen LogP contribution in [-0.2, 0) is 4.79 Å². The topological polar surface area (TPSA) is 62.6 Å². The van der Waals surface area contributed by atoms with Crippen LogP contribution in [0.4, 0.5) is 10.1 Å². The summed E-state index contributed by atoms with van der Waals surface area (Å²) >= 11 is 1.40. The van der Waals surface area contributed by atoms with Gasteiger partial charge in [0.25, 0.3) is 5.91 Å². The summed E-state index contributed by atoms with van der Waals surface area (Å²) in [6, 6.07) is 11.4. The number of carbonyl (C=O) groups is 2. The van der Waals surface area contributed by atoms with Gasteiger partial charge in [-0.2, -0.15) is 0 Å². The summed E-state index contributed by atoms with van der Waals surface area (Å²) in [6.45, 7) is 9.55. The Bertz CT molecular complexity index is 823. The number of amides is 2. The van der Waals surface area contributed by atoms with E-state index in [2.05, 4.69) is 24.5 Å². The molecule has 29 heavy (non-hydrogen) atoms. The van der Waals surface area contributed by atoms with E-state index >= 15 is 0 Å². The summed E-state index contributed by atoms with van der Waals surface area (Å²) in [5.74, 6) is -0.679. The Balaban J connectivity index is 2.06. The summed E-state index contributed by atoms with van der Waals surface area (Å²) in [5.41, 5.74) is 1.06. The molecule has 0 aliphatic rings. The first-order valence-corrected chi connectivity index (χ1v) is 10.7. The van der Waals surface area contributed by atoms with E-state index in [1.807, 2.05) is 0 Å². The van der Waals surface area contributed by atoms with Gasteiger partial charge in [0.2, 0.25) is 5.91 Å². The van der Waals surface area contributed by atoms with Crippen molar-refractivity contribution < 1.29 is 18.9 Å². The normalized spacial score (nSPS) is 10.8. The highest BCUT2D eigenvalue weighted by atomic mass is 32.2. The van der Waals surface area contributed by atoms with E-state index in [-0.39, 0.29) is 17.6 Å². The highest BCUT2D eigenvalue weighted by Crippen LogP contribution is 2.34. The van der Waals surface area contributed by atoms with Gasteiger partial charge in [-0.15, -0.1) is 0 Å². The molecular weight excluding hydrogens is 389 g/mol. The predicted molar refractivity (Wildman–Crippen MR) is 115 cm³/mol. The smallest absolute Gasteiger partial charge is 0.251 e. The van der Waals surface area contributed by atoms with E-state index in [9.17, 15) is 14.0 Å². The molecule has 0 aliphatic heterocycles. The van der Waals surface area contributed by atoms with Gasteiger partial charge < -0.3 is 15.5 Å². The molecule has 0 saturated carbocycles. The van der Waals surface area contributed by atoms with Crippen LogP contribution < -0.4 is 15.5 Å². The van der Waals surface area contributed by atoms with Crippen LogP contribution >= 0.6 is 11.8 Å². The van der Waals surface area contributed by atoms with Gasteiger partial charge in [0.05, 0.1) is 25.3 Å². The van der Waals surface area contributed by atoms with E-state index in [0.717, 1.165) is 35.8 Å². The number of carbonyl (C=O) groups excluding carboxylic acids is 2. The average molecular weight is 419 g/mol. The van der Waals surface area contributed by atoms with Crippen LogP contribution in [0.15, 0.2) is 52.3 Å². The Morgan fingerprint density at radius 2 is 1.76 bits per heavy atom. The monoisotopic (exact) mass is 418 g/mol. The van der Waals surface area contributed by atoms with Gasteiger partial charge >= 0.3 is 0 Å². The van der Waals surface area contributed by atoms with E-state index in [1.165, 1.54) is 35.7 Å². The summed E-state index contributed by atoms with van der Waals surface area (Å²) < 4.78 is 13.1. The molecule has 2 aromatic carbocycles. The fourth-order valence-electron chi connectivity index (χ4n) is 2.92. The van der Waals surface area contributed by atoms with E-state index in [4.69, 9.17) is 0 Å². The summed E-state index contributed by atoms with van der Waals surface area (Å²) in [6.07, 6.45) is 0.916. The molecule has 0 atom stereocenters. The third-order valence-electron chi connectivity index (χ3n) is 4.59. The molecule has 2 rings (SSSR count). The van der Waals surface area contributed by atoms with Crippen LogP contribution in [-0.4, -0.2) is 38.0 Å². The molecule has 7 heteroatoms. The lowest BCUT2D eigenvalue weighted by Gasteiger charge is -2.15. The lowest BCUT2D eigenvalue weighted by atomic mass is 10.2. The zero-order chi connectivity index (χ0) is 21.2. The first kappa shape index (κ1) is 22.9. The van der Waals surface area contributed by atoms with Crippen molar-refractivity contribution in [2.45, 2.75) is 37.0 Å². The number of nitrogens with one attached hydrogen (secondary N) is 3. The molecule has 2 aromatic rings. The fraction of sp³-hybridized carbons (Fsp3) is 0.364. The maximum absolute atomic E-state index is 13.1. The molecule has 0 bridgehead atoms. The number of hydrogen-bond acceptors (Lipinski definition) is 3. The Kier molecular flexibility index (Phi) is 9.15. The zero-order valence-electron chi connectivity index (χ0n) is 17.2. The minimum absolute atomic E-state index is 0.163. The van der Waals surface area contributed by atoms with Gasteiger partial charge in [-0.25, -0.2) is 4.39 Å². The predicted octanol–water partition coefficient (Wildman–Crippen LogP) is 2.98. The van der Waals surface area contributed by atoms with Crippen molar-refractivity contribution in [2.75, 3.05) is 31.5 Å². The molecule has 0 unspecified atom stereocenters. The molecule has 0 spiro atoms. The Morgan fingerprint density at radius 1 is 1.07 bits per heavy atom. The minimum atomic E-state index is -0.300. The first-order valence-electron chi connectivity index (χ1n) is 9.89. The number of rotatable bonds is 10. The number of quaternary nitrogens is 1. The number of halogens is 1. The third kappa shape index (κ3) is 7.51. The minimum Gasteiger partial charge on any atom is -0.352 e. The van der Waals surface area contributed by atoms with Crippen LogP contribution in [0.5, 0.6) is 0 Å². The molecule has 0 fully saturated rings. The quantitative estimate of drug-likeness (QED) is 0.520. The summed E-state index contributed by atoms with van der Waals surface area (Å²) in [5, 5.41) is 5.73. The molecule has 0 aromatic heterocycles. The first-order chi connectivity index (χ1) is 13.9. The lowest BCUT2D eigenvalue weighted by Crippen LogP contribution is -3.11. The standard InChI is InChI=1S/C22H28FN3O2S/c1-4-26(5-2)14-6-13-24-22(28)17-7-12-21(20(15-17)25-16(3)27)29-19-10-8-18(23)9-11-19/h7-12,15H,4-6,13-14H2,1-3H3,(H,24,28)(H,25,27)/p+1. The second kappa shape index (κ2) is 11.6. The van der Waals surface area contributed by atoms with Crippen LogP contribution in [0, 0.1) is 5.82 Å². The van der Waals surface area contributed by atoms with Crippen molar-refractivity contribution in [3.8, 4) is 0 Å². The molecule has 0 heterocycles. The lowest BCUT2D eigenvalue weighted by molar-refractivity contribution is -0.896. The number of benzene rings is 2. The van der Waals surface area contributed by atoms with Gasteiger partial charge in [0.15, 0.2) is 0 Å². The molecular formula is C22H29FN3O2S+. The largest absolute Gasteiger partial charge is 0.352 e. The van der Waals surface area contributed by atoms with Crippen molar-refractivity contribution in [1.29, 1.82) is 0 Å². The highest BCUT2D eigenvalue weighted by molar-refractivity contribution is 7.99. The van der Waals surface area contributed by atoms with Crippen LogP contribution in [0.3, 0.4) is 0 Å².